The van der Waals surface area contributed by atoms with Gasteiger partial charge in [-0.2, -0.15) is 0 Å². The van der Waals surface area contributed by atoms with Crippen LogP contribution in [0.5, 0.6) is 0 Å². The second-order valence-electron chi connectivity index (χ2n) is 14.9. The summed E-state index contributed by atoms with van der Waals surface area (Å²) >= 11 is 0. The van der Waals surface area contributed by atoms with Crippen molar-refractivity contribution in [1.82, 2.24) is 0 Å². The zero-order valence-electron chi connectivity index (χ0n) is 23.5. The lowest BCUT2D eigenvalue weighted by Crippen LogP contribution is -2.51. The Kier molecular flexibility index (Phi) is 6.35. The van der Waals surface area contributed by atoms with E-state index >= 15 is 0 Å². The summed E-state index contributed by atoms with van der Waals surface area (Å²) in [6.45, 7) is 14.9. The van der Waals surface area contributed by atoms with Gasteiger partial charge in [0, 0.05) is 20.1 Å². The molecule has 5 saturated carbocycles. The van der Waals surface area contributed by atoms with Crippen molar-refractivity contribution in [1.29, 1.82) is 0 Å². The maximum absolute atomic E-state index is 7.00. The molecule has 12 atom stereocenters. The summed E-state index contributed by atoms with van der Waals surface area (Å²) in [5, 5.41) is 7.00. The fourth-order valence-corrected chi connectivity index (χ4v) is 11.3. The first-order chi connectivity index (χ1) is 16.1. The van der Waals surface area contributed by atoms with Crippen LogP contribution in [0.3, 0.4) is 0 Å². The molecular formula is C31H54O3. The SMILES string of the molecule is CO.COC1CC2C3CCC4C(C)C(C)CCC45CC35CCC2(C)C1C1CCC(C(C)(C)C)O1. The number of aliphatic hydroxyl groups excluding tert-OH is 1. The molecule has 1 N–H and O–H groups in total. The Morgan fingerprint density at radius 2 is 1.53 bits per heavy atom. The first kappa shape index (κ1) is 25.5. The van der Waals surface area contributed by atoms with E-state index in [-0.39, 0.29) is 5.41 Å². The predicted octanol–water partition coefficient (Wildman–Crippen LogP) is 7.11. The highest BCUT2D eigenvalue weighted by molar-refractivity contribution is 5.28. The second kappa shape index (κ2) is 8.45. The van der Waals surface area contributed by atoms with Crippen LogP contribution in [0.1, 0.15) is 106 Å². The molecule has 6 fully saturated rings. The Hall–Kier alpha value is -0.120. The highest BCUT2D eigenvalue weighted by Crippen LogP contribution is 2.86. The first-order valence-electron chi connectivity index (χ1n) is 14.7. The maximum atomic E-state index is 7.00. The van der Waals surface area contributed by atoms with Crippen LogP contribution in [0.15, 0.2) is 0 Å². The van der Waals surface area contributed by atoms with E-state index in [0.29, 0.717) is 35.1 Å². The van der Waals surface area contributed by atoms with Crippen molar-refractivity contribution in [2.75, 3.05) is 14.2 Å². The Bertz CT molecular complexity index is 758. The fourth-order valence-electron chi connectivity index (χ4n) is 11.3. The molecule has 3 nitrogen and oxygen atoms in total. The van der Waals surface area contributed by atoms with Crippen LogP contribution in [0.25, 0.3) is 0 Å². The van der Waals surface area contributed by atoms with E-state index in [9.17, 15) is 0 Å². The summed E-state index contributed by atoms with van der Waals surface area (Å²) in [7, 11) is 2.99. The second-order valence-corrected chi connectivity index (χ2v) is 14.9. The molecule has 1 heterocycles. The van der Waals surface area contributed by atoms with Crippen LogP contribution < -0.4 is 0 Å². The first-order valence-corrected chi connectivity index (χ1v) is 14.7. The Labute approximate surface area is 210 Å². The highest BCUT2D eigenvalue weighted by Gasteiger charge is 2.79. The summed E-state index contributed by atoms with van der Waals surface area (Å²) in [6, 6.07) is 0. The number of hydrogen-bond acceptors (Lipinski definition) is 3. The normalized spacial score (nSPS) is 55.9. The molecule has 0 aromatic rings. The van der Waals surface area contributed by atoms with Gasteiger partial charge < -0.3 is 14.6 Å². The smallest absolute Gasteiger partial charge is 0.0638 e. The van der Waals surface area contributed by atoms with Gasteiger partial charge >= 0.3 is 0 Å². The molecule has 2 spiro atoms. The molecule has 34 heavy (non-hydrogen) atoms. The third kappa shape index (κ3) is 3.31. The average Bonchev–Trinajstić information content (AvgIpc) is 3.07. The summed E-state index contributed by atoms with van der Waals surface area (Å²) in [5.41, 5.74) is 2.09. The van der Waals surface area contributed by atoms with E-state index in [1.54, 1.807) is 12.8 Å². The fraction of sp³-hybridized carbons (Fsp3) is 1.00. The van der Waals surface area contributed by atoms with Crippen molar-refractivity contribution in [3.8, 4) is 0 Å². The molecule has 6 aliphatic rings. The van der Waals surface area contributed by atoms with Crippen molar-refractivity contribution in [3.63, 3.8) is 0 Å². The average molecular weight is 475 g/mol. The quantitative estimate of drug-likeness (QED) is 0.463. The minimum Gasteiger partial charge on any atom is -0.400 e. The van der Waals surface area contributed by atoms with Crippen LogP contribution in [0.4, 0.5) is 0 Å². The molecule has 0 amide bonds. The van der Waals surface area contributed by atoms with Gasteiger partial charge in [-0.05, 0) is 115 Å². The molecular weight excluding hydrogens is 420 g/mol. The van der Waals surface area contributed by atoms with E-state index in [1.165, 1.54) is 51.4 Å². The molecule has 6 rings (SSSR count). The largest absolute Gasteiger partial charge is 0.400 e. The molecule has 1 aliphatic heterocycles. The van der Waals surface area contributed by atoms with Crippen LogP contribution in [-0.2, 0) is 9.47 Å². The maximum Gasteiger partial charge on any atom is 0.0638 e. The number of methoxy groups -OCH3 is 1. The predicted molar refractivity (Wildman–Crippen MR) is 138 cm³/mol. The van der Waals surface area contributed by atoms with Gasteiger partial charge in [0.1, 0.15) is 0 Å². The summed E-state index contributed by atoms with van der Waals surface area (Å²) in [6.07, 6.45) is 15.6. The van der Waals surface area contributed by atoms with Crippen LogP contribution >= 0.6 is 0 Å². The lowest BCUT2D eigenvalue weighted by molar-refractivity contribution is -0.121. The molecule has 0 aromatic heterocycles. The topological polar surface area (TPSA) is 38.7 Å². The standard InChI is InChI=1S/C30H50O2.CH4O/c1-18-12-13-29-17-30(29)15-14-28(6)22(21(30)9-8-20(29)19(18)2)16-24(31-7)26(28)23-10-11-25(32-23)27(3,4)5;1-2/h18-26H,8-17H2,1-7H3;2H,1H3. The Morgan fingerprint density at radius 3 is 2.18 bits per heavy atom. The summed E-state index contributed by atoms with van der Waals surface area (Å²) < 4.78 is 13.2. The van der Waals surface area contributed by atoms with Gasteiger partial charge in [-0.3, -0.25) is 0 Å². The van der Waals surface area contributed by atoms with Gasteiger partial charge in [0.25, 0.3) is 0 Å². The van der Waals surface area contributed by atoms with E-state index in [2.05, 4.69) is 41.5 Å². The Morgan fingerprint density at radius 1 is 0.853 bits per heavy atom. The molecule has 196 valence electrons. The Balaban J connectivity index is 0.00000117. The zero-order valence-corrected chi connectivity index (χ0v) is 23.5. The van der Waals surface area contributed by atoms with Crippen molar-refractivity contribution in [2.24, 2.45) is 57.2 Å². The minimum atomic E-state index is 0.250. The van der Waals surface area contributed by atoms with Gasteiger partial charge in [0.2, 0.25) is 0 Å². The van der Waals surface area contributed by atoms with Gasteiger partial charge in [-0.15, -0.1) is 0 Å². The van der Waals surface area contributed by atoms with Gasteiger partial charge in [-0.25, -0.2) is 0 Å². The van der Waals surface area contributed by atoms with Crippen LogP contribution in [0.2, 0.25) is 0 Å². The summed E-state index contributed by atoms with van der Waals surface area (Å²) in [5.74, 6) is 5.33. The lowest BCUT2D eigenvalue weighted by Gasteiger charge is -2.57. The van der Waals surface area contributed by atoms with Crippen molar-refractivity contribution >= 4 is 0 Å². The zero-order chi connectivity index (χ0) is 24.7. The summed E-state index contributed by atoms with van der Waals surface area (Å²) in [4.78, 5) is 0. The molecule has 0 bridgehead atoms. The van der Waals surface area contributed by atoms with Crippen molar-refractivity contribution in [3.05, 3.63) is 0 Å². The van der Waals surface area contributed by atoms with E-state index < -0.39 is 0 Å². The van der Waals surface area contributed by atoms with Crippen molar-refractivity contribution < 1.29 is 14.6 Å². The molecule has 0 aromatic carbocycles. The van der Waals surface area contributed by atoms with Crippen LogP contribution in [-0.4, -0.2) is 37.6 Å². The third-order valence-corrected chi connectivity index (χ3v) is 13.1. The van der Waals surface area contributed by atoms with Crippen molar-refractivity contribution in [2.45, 2.75) is 124 Å². The highest BCUT2D eigenvalue weighted by atomic mass is 16.5. The third-order valence-electron chi connectivity index (χ3n) is 13.1. The molecule has 1 saturated heterocycles. The molecule has 0 radical (unpaired) electrons. The number of hydrogen-bond donors (Lipinski definition) is 1. The van der Waals surface area contributed by atoms with Gasteiger partial charge in [0.05, 0.1) is 18.3 Å². The molecule has 5 aliphatic carbocycles. The van der Waals surface area contributed by atoms with E-state index in [1.807, 2.05) is 7.11 Å². The number of fused-ring (bicyclic) bond motifs is 2. The lowest BCUT2D eigenvalue weighted by atomic mass is 9.48. The number of rotatable bonds is 2. The van der Waals surface area contributed by atoms with E-state index in [0.717, 1.165) is 42.1 Å². The molecule has 12 unspecified atom stereocenters. The minimum absolute atomic E-state index is 0.250. The van der Waals surface area contributed by atoms with Gasteiger partial charge in [0.15, 0.2) is 0 Å². The monoisotopic (exact) mass is 474 g/mol. The molecule has 3 heteroatoms. The number of aliphatic hydroxyl groups is 1. The van der Waals surface area contributed by atoms with Crippen LogP contribution in [0, 0.1) is 57.2 Å². The number of ether oxygens (including phenoxy) is 2. The van der Waals surface area contributed by atoms with Gasteiger partial charge in [-0.1, -0.05) is 41.5 Å². The van der Waals surface area contributed by atoms with E-state index in [4.69, 9.17) is 14.6 Å².